The molecule has 39 heavy (non-hydrogen) atoms. The van der Waals surface area contributed by atoms with E-state index in [1.807, 2.05) is 0 Å². The van der Waals surface area contributed by atoms with Gasteiger partial charge in [0, 0.05) is 30.8 Å². The van der Waals surface area contributed by atoms with Gasteiger partial charge in [0.15, 0.2) is 11.5 Å². The van der Waals surface area contributed by atoms with Crippen molar-refractivity contribution in [2.75, 3.05) is 32.9 Å². The molecule has 13 heteroatoms. The summed E-state index contributed by atoms with van der Waals surface area (Å²) in [4.78, 5) is 25.1. The van der Waals surface area contributed by atoms with Crippen molar-refractivity contribution in [2.45, 2.75) is 12.8 Å². The second kappa shape index (κ2) is 10.7. The molecule has 1 fully saturated rings. The van der Waals surface area contributed by atoms with Gasteiger partial charge in [0.1, 0.15) is 11.6 Å². The van der Waals surface area contributed by atoms with E-state index in [2.05, 4.69) is 16.3 Å². The van der Waals surface area contributed by atoms with Crippen LogP contribution in [0.25, 0.3) is 11.3 Å². The molecule has 0 saturated carbocycles. The molecule has 0 bridgehead atoms. The minimum atomic E-state index is -0.755. The number of non-ortho nitro benzene ring substituents is 1. The zero-order chi connectivity index (χ0) is 27.5. The number of fused-ring (bicyclic) bond motifs is 1. The van der Waals surface area contributed by atoms with E-state index in [0.717, 1.165) is 0 Å². The summed E-state index contributed by atoms with van der Waals surface area (Å²) in [6.45, 7) is 3.78. The largest absolute Gasteiger partial charge is 0.490 e. The van der Waals surface area contributed by atoms with E-state index in [-0.39, 0.29) is 35.4 Å². The van der Waals surface area contributed by atoms with Crippen LogP contribution in [0.15, 0.2) is 53.9 Å². The molecule has 1 saturated heterocycles. The number of rotatable bonds is 6. The lowest BCUT2D eigenvalue weighted by molar-refractivity contribution is -0.384. The summed E-state index contributed by atoms with van der Waals surface area (Å²) in [5, 5.41) is 28.5. The van der Waals surface area contributed by atoms with Crippen LogP contribution >= 0.6 is 0 Å². The van der Waals surface area contributed by atoms with Crippen LogP contribution in [0.3, 0.4) is 0 Å². The smallest absolute Gasteiger partial charge is 0.415 e. The molecule has 2 aliphatic heterocycles. The fourth-order valence-electron chi connectivity index (χ4n) is 4.53. The number of ether oxygens (including phenoxy) is 4. The highest BCUT2D eigenvalue weighted by Gasteiger charge is 2.36. The summed E-state index contributed by atoms with van der Waals surface area (Å²) in [5.74, 6) is -0.228. The molecule has 3 N–H and O–H groups in total. The molecule has 1 amide bonds. The van der Waals surface area contributed by atoms with E-state index in [4.69, 9.17) is 24.7 Å². The summed E-state index contributed by atoms with van der Waals surface area (Å²) in [7, 11) is 0. The first-order valence-electron chi connectivity index (χ1n) is 12.1. The Morgan fingerprint density at radius 3 is 2.79 bits per heavy atom. The number of nitrogens with one attached hydrogen (secondary N) is 1. The number of aromatic nitrogens is 2. The number of nitriles is 1. The van der Waals surface area contributed by atoms with Gasteiger partial charge in [-0.2, -0.15) is 5.26 Å². The maximum Gasteiger partial charge on any atom is 0.415 e. The number of morpholine rings is 1. The average molecular weight is 533 g/mol. The Bertz CT molecular complexity index is 1500. The van der Waals surface area contributed by atoms with E-state index in [9.17, 15) is 20.2 Å². The Morgan fingerprint density at radius 2 is 2.08 bits per heavy atom. The molecule has 2 aliphatic rings. The minimum Gasteiger partial charge on any atom is -0.490 e. The van der Waals surface area contributed by atoms with E-state index in [1.165, 1.54) is 12.1 Å². The van der Waals surface area contributed by atoms with Crippen molar-refractivity contribution in [3.05, 3.63) is 75.2 Å². The van der Waals surface area contributed by atoms with Gasteiger partial charge in [-0.05, 0) is 24.6 Å². The van der Waals surface area contributed by atoms with Gasteiger partial charge < -0.3 is 29.6 Å². The molecule has 5 rings (SSSR count). The van der Waals surface area contributed by atoms with E-state index in [1.54, 1.807) is 42.2 Å². The number of nitrogens with zero attached hydrogens (tertiary/aromatic N) is 4. The lowest BCUT2D eigenvalue weighted by Gasteiger charge is -2.27. The first-order valence-corrected chi connectivity index (χ1v) is 12.1. The average Bonchev–Trinajstić information content (AvgIpc) is 3.37. The number of H-pyrrole nitrogens is 1. The Labute approximate surface area is 222 Å². The molecule has 1 atom stereocenters. The van der Waals surface area contributed by atoms with Crippen LogP contribution in [0, 0.1) is 21.4 Å². The van der Waals surface area contributed by atoms with Crippen molar-refractivity contribution in [1.29, 1.82) is 5.26 Å². The molecule has 1 unspecified atom stereocenters. The number of nitrogens with two attached hydrogens (primary N) is 1. The van der Waals surface area contributed by atoms with Gasteiger partial charge in [0.2, 0.25) is 11.8 Å². The monoisotopic (exact) mass is 532 g/mol. The van der Waals surface area contributed by atoms with Crippen LogP contribution in [0.1, 0.15) is 24.0 Å². The number of benzene rings is 2. The molecule has 0 radical (unpaired) electrons. The quantitative estimate of drug-likeness (QED) is 0.353. The van der Waals surface area contributed by atoms with Crippen LogP contribution in [0.4, 0.5) is 10.5 Å². The molecular formula is C26H24N6O7. The van der Waals surface area contributed by atoms with Gasteiger partial charge in [-0.1, -0.05) is 18.2 Å². The van der Waals surface area contributed by atoms with Gasteiger partial charge in [-0.25, -0.2) is 4.79 Å². The van der Waals surface area contributed by atoms with Gasteiger partial charge >= 0.3 is 6.09 Å². The normalized spacial score (nSPS) is 16.6. The van der Waals surface area contributed by atoms with Crippen LogP contribution in [-0.4, -0.2) is 59.0 Å². The van der Waals surface area contributed by atoms with Crippen LogP contribution in [-0.2, 0) is 4.74 Å². The minimum absolute atomic E-state index is 0.107. The second-order valence-electron chi connectivity index (χ2n) is 8.66. The Kier molecular flexibility index (Phi) is 7.02. The molecule has 3 aromatic rings. The lowest BCUT2D eigenvalue weighted by atomic mass is 9.83. The van der Waals surface area contributed by atoms with Crippen molar-refractivity contribution in [1.82, 2.24) is 15.1 Å². The number of carbonyl (C=O) groups is 1. The summed E-state index contributed by atoms with van der Waals surface area (Å²) >= 11 is 0. The molecule has 0 aliphatic carbocycles. The number of nitro benzene ring substituents is 1. The lowest BCUT2D eigenvalue weighted by Crippen LogP contribution is -2.42. The van der Waals surface area contributed by atoms with Crippen molar-refractivity contribution in [3.8, 4) is 34.7 Å². The summed E-state index contributed by atoms with van der Waals surface area (Å²) in [6, 6.07) is 13.1. The van der Waals surface area contributed by atoms with E-state index < -0.39 is 16.9 Å². The molecule has 3 heterocycles. The zero-order valence-corrected chi connectivity index (χ0v) is 20.9. The highest BCUT2D eigenvalue weighted by molar-refractivity contribution is 5.74. The molecule has 200 valence electrons. The molecule has 0 spiro atoms. The Morgan fingerprint density at radius 1 is 1.28 bits per heavy atom. The molecule has 13 nitrogen and oxygen atoms in total. The molecule has 2 aromatic carbocycles. The third-order valence-corrected chi connectivity index (χ3v) is 6.35. The van der Waals surface area contributed by atoms with Crippen LogP contribution in [0.5, 0.6) is 17.4 Å². The third kappa shape index (κ3) is 4.92. The fourth-order valence-corrected chi connectivity index (χ4v) is 4.53. The standard InChI is InChI=1S/C26H24N6O7/c1-2-37-20-13-15(6-7-19(20)38-26(33)31-8-10-36-11-9-31)21-18(14-27)24(28)39-25-22(21)23(29-30-25)16-4-3-5-17(12-16)32(34)35/h3-7,12-13,21H,2,8-11,28H2,1H3,(H,29,30). The van der Waals surface area contributed by atoms with E-state index >= 15 is 0 Å². The van der Waals surface area contributed by atoms with Crippen molar-refractivity contribution in [2.24, 2.45) is 5.73 Å². The number of amides is 1. The SMILES string of the molecule is CCOc1cc(C2C(C#N)=C(N)Oc3n[nH]c(-c4cccc([N+](=O)[O-])c4)c32)ccc1OC(=O)N1CCOCC1. The number of nitro groups is 1. The van der Waals surface area contributed by atoms with Crippen molar-refractivity contribution >= 4 is 11.8 Å². The Balaban J connectivity index is 1.57. The number of aromatic amines is 1. The second-order valence-corrected chi connectivity index (χ2v) is 8.66. The first kappa shape index (κ1) is 25.6. The van der Waals surface area contributed by atoms with Gasteiger partial charge in [-0.15, -0.1) is 5.10 Å². The van der Waals surface area contributed by atoms with Gasteiger partial charge in [0.05, 0.1) is 41.9 Å². The summed E-state index contributed by atoms with van der Waals surface area (Å²) < 4.78 is 22.4. The maximum absolute atomic E-state index is 12.7. The van der Waals surface area contributed by atoms with Gasteiger partial charge in [-0.3, -0.25) is 15.2 Å². The fraction of sp³-hybridized carbons (Fsp3) is 0.269. The number of hydrogen-bond donors (Lipinski definition) is 2. The Hall–Kier alpha value is -5.09. The van der Waals surface area contributed by atoms with Crippen molar-refractivity contribution in [3.63, 3.8) is 0 Å². The number of allylic oxidation sites excluding steroid dienone is 1. The van der Waals surface area contributed by atoms with E-state index in [0.29, 0.717) is 54.4 Å². The summed E-state index contributed by atoms with van der Waals surface area (Å²) in [5.41, 5.74) is 8.08. The third-order valence-electron chi connectivity index (χ3n) is 6.35. The highest BCUT2D eigenvalue weighted by atomic mass is 16.6. The van der Waals surface area contributed by atoms with Gasteiger partial charge in [0.25, 0.3) is 5.69 Å². The first-order chi connectivity index (χ1) is 18.9. The molecular weight excluding hydrogens is 508 g/mol. The zero-order valence-electron chi connectivity index (χ0n) is 20.9. The number of carbonyl (C=O) groups excluding carboxylic acids is 1. The maximum atomic E-state index is 12.7. The predicted molar refractivity (Wildman–Crippen MR) is 136 cm³/mol. The van der Waals surface area contributed by atoms with Crippen LogP contribution in [0.2, 0.25) is 0 Å². The number of hydrogen-bond acceptors (Lipinski definition) is 10. The predicted octanol–water partition coefficient (Wildman–Crippen LogP) is 3.43. The molecule has 1 aromatic heterocycles. The van der Waals surface area contributed by atoms with Crippen LogP contribution < -0.4 is 19.9 Å². The topological polar surface area (TPSA) is 179 Å². The summed E-state index contributed by atoms with van der Waals surface area (Å²) in [6.07, 6.45) is -0.523. The van der Waals surface area contributed by atoms with Crippen molar-refractivity contribution < 1.29 is 28.7 Å². The highest BCUT2D eigenvalue weighted by Crippen LogP contribution is 2.47.